The number of hydrogen-bond donors (Lipinski definition) is 0. The second-order valence-electron chi connectivity index (χ2n) is 13.7. The molecule has 0 aliphatic heterocycles. The van der Waals surface area contributed by atoms with Crippen molar-refractivity contribution in [3.05, 3.63) is 175 Å². The first-order valence-corrected chi connectivity index (χ1v) is 21.0. The Bertz CT molecular complexity index is 3230. The lowest BCUT2D eigenvalue weighted by atomic mass is 9.95. The molecule has 0 bridgehead atoms. The van der Waals surface area contributed by atoms with Crippen molar-refractivity contribution in [1.82, 2.24) is 9.38 Å². The Labute approximate surface area is 318 Å². The highest BCUT2D eigenvalue weighted by Crippen LogP contribution is 2.48. The van der Waals surface area contributed by atoms with Crippen molar-refractivity contribution in [2.24, 2.45) is 4.99 Å². The smallest absolute Gasteiger partial charge is 0.146 e. The van der Waals surface area contributed by atoms with Gasteiger partial charge in [0.05, 0.1) is 22.2 Å². The number of nitrogens with zero attached hydrogens (tertiary/aromatic N) is 3. The van der Waals surface area contributed by atoms with E-state index in [-0.39, 0.29) is 0 Å². The lowest BCUT2D eigenvalue weighted by Crippen LogP contribution is -2.26. The number of aromatic nitrogens is 2. The van der Waals surface area contributed by atoms with Gasteiger partial charge in [0.1, 0.15) is 5.65 Å². The van der Waals surface area contributed by atoms with Gasteiger partial charge in [-0.05, 0) is 75.6 Å². The number of hydrogen-bond acceptors (Lipinski definition) is 3. The molecule has 256 valence electrons. The molecule has 54 heavy (non-hydrogen) atoms. The van der Waals surface area contributed by atoms with Gasteiger partial charge in [-0.3, -0.25) is 9.39 Å². The number of aliphatic imine (C=N–C) groups is 1. The summed E-state index contributed by atoms with van der Waals surface area (Å²) in [6, 6.07) is 56.0. The van der Waals surface area contributed by atoms with Crippen molar-refractivity contribution < 1.29 is 0 Å². The number of allylic oxidation sites excluding steroid dienone is 1. The summed E-state index contributed by atoms with van der Waals surface area (Å²) in [7, 11) is 0. The minimum absolute atomic E-state index is 0.839. The maximum absolute atomic E-state index is 6.95. The van der Waals surface area contributed by atoms with Gasteiger partial charge in [0.2, 0.25) is 0 Å². The first-order chi connectivity index (χ1) is 26.6. The summed E-state index contributed by atoms with van der Waals surface area (Å²) in [5.74, 6) is 0. The quantitative estimate of drug-likeness (QED) is 0.0970. The topological polar surface area (TPSA) is 29.7 Å². The summed E-state index contributed by atoms with van der Waals surface area (Å²) < 4.78 is 2.34. The number of rotatable bonds is 6. The molecule has 0 saturated heterocycles. The summed E-state index contributed by atoms with van der Waals surface area (Å²) in [4.78, 5) is 9.90. The van der Waals surface area contributed by atoms with Gasteiger partial charge in [0.25, 0.3) is 0 Å². The summed E-state index contributed by atoms with van der Waals surface area (Å²) >= 11 is 6.95. The Kier molecular flexibility index (Phi) is 7.66. The largest absolute Gasteiger partial charge is 0.291 e. The third-order valence-corrected chi connectivity index (χ3v) is 15.7. The Morgan fingerprint density at radius 1 is 0.630 bits per heavy atom. The number of para-hydroxylation sites is 2. The van der Waals surface area contributed by atoms with Gasteiger partial charge in [-0.25, -0.2) is 4.98 Å². The van der Waals surface area contributed by atoms with Crippen LogP contribution in [0.2, 0.25) is 0 Å². The van der Waals surface area contributed by atoms with E-state index in [1.165, 1.54) is 26.9 Å². The SMILES string of the molecule is C=Nc1c(-c2ccc3c(ccc4c5ccccc5c5nc6ccccc6n5c34)c2)ccc(P(=S)(c2ccccc2)c2ccc3ccccc3c2)c1/C=C\C. The van der Waals surface area contributed by atoms with E-state index < -0.39 is 6.04 Å². The Hall–Kier alpha value is -6.19. The molecule has 3 nitrogen and oxygen atoms in total. The van der Waals surface area contributed by atoms with Gasteiger partial charge in [0, 0.05) is 38.6 Å². The first kappa shape index (κ1) is 32.5. The normalized spacial score (nSPS) is 13.1. The van der Waals surface area contributed by atoms with Crippen LogP contribution in [0.25, 0.3) is 77.1 Å². The molecule has 0 spiro atoms. The van der Waals surface area contributed by atoms with E-state index in [0.29, 0.717) is 0 Å². The molecule has 1 unspecified atom stereocenters. The summed E-state index contributed by atoms with van der Waals surface area (Å²) in [6.07, 6.45) is 4.24. The van der Waals surface area contributed by atoms with E-state index in [0.717, 1.165) is 71.3 Å². The third kappa shape index (κ3) is 4.84. The molecule has 2 heterocycles. The zero-order valence-electron chi connectivity index (χ0n) is 29.6. The molecular weight excluding hydrogens is 694 g/mol. The van der Waals surface area contributed by atoms with Crippen LogP contribution in [0.15, 0.2) is 175 Å². The molecule has 0 N–H and O–H groups in total. The van der Waals surface area contributed by atoms with Crippen LogP contribution in [0.3, 0.4) is 0 Å². The Morgan fingerprint density at radius 3 is 2.19 bits per heavy atom. The van der Waals surface area contributed by atoms with Gasteiger partial charge in [-0.1, -0.05) is 163 Å². The van der Waals surface area contributed by atoms with E-state index in [9.17, 15) is 0 Å². The zero-order chi connectivity index (χ0) is 36.4. The van der Waals surface area contributed by atoms with Crippen LogP contribution in [-0.4, -0.2) is 16.1 Å². The van der Waals surface area contributed by atoms with Gasteiger partial charge >= 0.3 is 0 Å². The average molecular weight is 728 g/mol. The fourth-order valence-electron chi connectivity index (χ4n) is 8.33. The van der Waals surface area contributed by atoms with Crippen LogP contribution in [0, 0.1) is 0 Å². The molecule has 10 aromatic rings. The second kappa shape index (κ2) is 12.7. The predicted octanol–water partition coefficient (Wildman–Crippen LogP) is 11.9. The molecule has 2 aromatic heterocycles. The standard InChI is InChI=1S/C49H34N3PS/c1-3-13-43-46(53(54,36-16-5-4-6-17-36)37-25-22-32-14-7-8-15-33(32)31-37)29-28-38(47(43)50-2)34-23-26-39-35(30-34)24-27-41-40-18-9-10-19-42(40)49-51-44-20-11-12-21-45(44)52(49)48(39)41/h3-31H,2H2,1H3/b13-3-. The van der Waals surface area contributed by atoms with Crippen LogP contribution in [0.4, 0.5) is 5.69 Å². The monoisotopic (exact) mass is 727 g/mol. The lowest BCUT2D eigenvalue weighted by molar-refractivity contribution is 1.32. The van der Waals surface area contributed by atoms with E-state index in [1.807, 2.05) is 0 Å². The van der Waals surface area contributed by atoms with E-state index in [2.05, 4.69) is 194 Å². The van der Waals surface area contributed by atoms with Gasteiger partial charge in [0.15, 0.2) is 0 Å². The van der Waals surface area contributed by atoms with Gasteiger partial charge < -0.3 is 0 Å². The molecule has 5 heteroatoms. The molecule has 0 aliphatic rings. The summed E-state index contributed by atoms with van der Waals surface area (Å²) in [6.45, 7) is 6.20. The van der Waals surface area contributed by atoms with Gasteiger partial charge in [-0.15, -0.1) is 0 Å². The van der Waals surface area contributed by atoms with Crippen LogP contribution in [0.5, 0.6) is 0 Å². The Balaban J connectivity index is 1.21. The molecule has 0 amide bonds. The molecule has 0 fully saturated rings. The molecule has 8 aromatic carbocycles. The van der Waals surface area contributed by atoms with Crippen molar-refractivity contribution >= 4 is 112 Å². The third-order valence-electron chi connectivity index (χ3n) is 10.8. The highest BCUT2D eigenvalue weighted by Gasteiger charge is 2.29. The Morgan fingerprint density at radius 2 is 1.35 bits per heavy atom. The molecule has 1 atom stereocenters. The summed E-state index contributed by atoms with van der Waals surface area (Å²) in [5.41, 5.74) is 8.18. The van der Waals surface area contributed by atoms with Crippen LogP contribution in [-0.2, 0) is 11.8 Å². The summed E-state index contributed by atoms with van der Waals surface area (Å²) in [5, 5.41) is 11.7. The molecule has 0 aliphatic carbocycles. The molecule has 0 saturated carbocycles. The van der Waals surface area contributed by atoms with Crippen LogP contribution >= 0.6 is 6.04 Å². The predicted molar refractivity (Wildman–Crippen MR) is 238 cm³/mol. The fraction of sp³-hybridized carbons (Fsp3) is 0.0204. The lowest BCUT2D eigenvalue weighted by Gasteiger charge is -2.27. The van der Waals surface area contributed by atoms with Crippen molar-refractivity contribution in [2.75, 3.05) is 0 Å². The van der Waals surface area contributed by atoms with Crippen LogP contribution < -0.4 is 15.9 Å². The first-order valence-electron chi connectivity index (χ1n) is 18.2. The minimum atomic E-state index is -2.54. The van der Waals surface area contributed by atoms with Crippen LogP contribution in [0.1, 0.15) is 12.5 Å². The maximum atomic E-state index is 6.95. The van der Waals surface area contributed by atoms with Crippen molar-refractivity contribution in [2.45, 2.75) is 6.92 Å². The zero-order valence-corrected chi connectivity index (χ0v) is 31.4. The molecular formula is C49H34N3PS. The number of imidazole rings is 1. The number of fused-ring (bicyclic) bond motifs is 11. The van der Waals surface area contributed by atoms with Gasteiger partial charge in [-0.2, -0.15) is 0 Å². The average Bonchev–Trinajstić information content (AvgIpc) is 3.63. The van der Waals surface area contributed by atoms with E-state index in [4.69, 9.17) is 21.8 Å². The maximum Gasteiger partial charge on any atom is 0.146 e. The van der Waals surface area contributed by atoms with E-state index in [1.54, 1.807) is 0 Å². The molecule has 0 radical (unpaired) electrons. The highest BCUT2D eigenvalue weighted by atomic mass is 32.4. The highest BCUT2D eigenvalue weighted by molar-refractivity contribution is 8.25. The van der Waals surface area contributed by atoms with Crippen molar-refractivity contribution in [3.63, 3.8) is 0 Å². The molecule has 10 rings (SSSR count). The fourth-order valence-corrected chi connectivity index (χ4v) is 12.4. The number of pyridine rings is 1. The van der Waals surface area contributed by atoms with Crippen molar-refractivity contribution in [3.8, 4) is 11.1 Å². The minimum Gasteiger partial charge on any atom is -0.291 e. The second-order valence-corrected chi connectivity index (χ2v) is 18.1. The number of benzene rings is 8. The van der Waals surface area contributed by atoms with E-state index >= 15 is 0 Å². The van der Waals surface area contributed by atoms with Crippen molar-refractivity contribution in [1.29, 1.82) is 0 Å².